The van der Waals surface area contributed by atoms with Crippen molar-refractivity contribution in [1.29, 1.82) is 0 Å². The molecule has 1 aliphatic rings. The van der Waals surface area contributed by atoms with E-state index in [0.29, 0.717) is 18.8 Å². The van der Waals surface area contributed by atoms with Gasteiger partial charge in [-0.15, -0.1) is 0 Å². The highest BCUT2D eigenvalue weighted by Crippen LogP contribution is 2.26. The van der Waals surface area contributed by atoms with Crippen LogP contribution >= 0.6 is 15.9 Å². The Balaban J connectivity index is 1.63. The lowest BCUT2D eigenvalue weighted by Gasteiger charge is -2.34. The standard InChI is InChI=1S/C21H26BrN3O3/c1-21(2,3)28-20(27)24-12-9-17(10-13-24)25-11-5-8-18(25)19(26)23-16-7-4-6-15(22)14-16/h4-8,11,14,17H,9-10,12-13H2,1-3H3,(H,23,26). The number of anilines is 1. The van der Waals surface area contributed by atoms with E-state index in [2.05, 4.69) is 21.2 Å². The second-order valence-electron chi connectivity index (χ2n) is 7.96. The fourth-order valence-electron chi connectivity index (χ4n) is 3.32. The summed E-state index contributed by atoms with van der Waals surface area (Å²) in [6.07, 6.45) is 3.23. The third kappa shape index (κ3) is 5.16. The molecule has 0 bridgehead atoms. The van der Waals surface area contributed by atoms with E-state index in [1.54, 1.807) is 4.90 Å². The van der Waals surface area contributed by atoms with Crippen LogP contribution in [-0.4, -0.2) is 40.2 Å². The van der Waals surface area contributed by atoms with Crippen LogP contribution in [0.15, 0.2) is 47.1 Å². The van der Waals surface area contributed by atoms with E-state index in [0.717, 1.165) is 23.0 Å². The van der Waals surface area contributed by atoms with Crippen molar-refractivity contribution >= 4 is 33.6 Å². The minimum absolute atomic E-state index is 0.141. The van der Waals surface area contributed by atoms with Crippen molar-refractivity contribution in [2.24, 2.45) is 0 Å². The number of rotatable bonds is 3. The fourth-order valence-corrected chi connectivity index (χ4v) is 3.72. The van der Waals surface area contributed by atoms with Crippen LogP contribution in [0.4, 0.5) is 10.5 Å². The summed E-state index contributed by atoms with van der Waals surface area (Å²) in [4.78, 5) is 26.7. The van der Waals surface area contributed by atoms with Crippen molar-refractivity contribution in [3.63, 3.8) is 0 Å². The number of benzene rings is 1. The molecule has 2 heterocycles. The Morgan fingerprint density at radius 2 is 1.86 bits per heavy atom. The maximum Gasteiger partial charge on any atom is 0.410 e. The van der Waals surface area contributed by atoms with Gasteiger partial charge in [0.1, 0.15) is 11.3 Å². The molecule has 7 heteroatoms. The zero-order chi connectivity index (χ0) is 20.3. The van der Waals surface area contributed by atoms with Crippen molar-refractivity contribution in [2.75, 3.05) is 18.4 Å². The Kier molecular flexibility index (Phi) is 6.13. The molecule has 0 atom stereocenters. The first-order valence-electron chi connectivity index (χ1n) is 9.44. The molecule has 2 amide bonds. The summed E-state index contributed by atoms with van der Waals surface area (Å²) in [5, 5.41) is 2.94. The summed E-state index contributed by atoms with van der Waals surface area (Å²) in [5.41, 5.74) is 0.869. The van der Waals surface area contributed by atoms with Crippen LogP contribution in [0.5, 0.6) is 0 Å². The lowest BCUT2D eigenvalue weighted by atomic mass is 10.0. The number of carbonyl (C=O) groups is 2. The second-order valence-corrected chi connectivity index (χ2v) is 8.88. The van der Waals surface area contributed by atoms with Gasteiger partial charge >= 0.3 is 6.09 Å². The predicted octanol–water partition coefficient (Wildman–Crippen LogP) is 5.07. The van der Waals surface area contributed by atoms with Gasteiger partial charge in [0, 0.05) is 35.5 Å². The SMILES string of the molecule is CC(C)(C)OC(=O)N1CCC(n2cccc2C(=O)Nc2cccc(Br)c2)CC1. The lowest BCUT2D eigenvalue weighted by Crippen LogP contribution is -2.42. The molecule has 28 heavy (non-hydrogen) atoms. The quantitative estimate of drug-likeness (QED) is 0.713. The minimum Gasteiger partial charge on any atom is -0.444 e. The van der Waals surface area contributed by atoms with Gasteiger partial charge < -0.3 is 19.5 Å². The molecule has 0 aliphatic carbocycles. The Morgan fingerprint density at radius 1 is 1.14 bits per heavy atom. The third-order valence-corrected chi connectivity index (χ3v) is 5.10. The first kappa shape index (κ1) is 20.5. The van der Waals surface area contributed by atoms with E-state index in [1.807, 2.05) is 67.9 Å². The van der Waals surface area contributed by atoms with Gasteiger partial charge in [-0.3, -0.25) is 4.79 Å². The van der Waals surface area contributed by atoms with Crippen molar-refractivity contribution in [3.8, 4) is 0 Å². The molecule has 6 nitrogen and oxygen atoms in total. The highest BCUT2D eigenvalue weighted by atomic mass is 79.9. The number of hydrogen-bond donors (Lipinski definition) is 1. The monoisotopic (exact) mass is 447 g/mol. The molecule has 0 spiro atoms. The molecule has 2 aromatic rings. The normalized spacial score (nSPS) is 15.4. The van der Waals surface area contributed by atoms with Gasteiger partial charge in [0.2, 0.25) is 0 Å². The molecule has 0 radical (unpaired) electrons. The van der Waals surface area contributed by atoms with Crippen LogP contribution in [-0.2, 0) is 4.74 Å². The molecular formula is C21H26BrN3O3. The van der Waals surface area contributed by atoms with E-state index in [4.69, 9.17) is 4.74 Å². The average molecular weight is 448 g/mol. The first-order valence-corrected chi connectivity index (χ1v) is 10.2. The number of nitrogens with one attached hydrogen (secondary N) is 1. The number of likely N-dealkylation sites (tertiary alicyclic amines) is 1. The van der Waals surface area contributed by atoms with Crippen LogP contribution in [0, 0.1) is 0 Å². The zero-order valence-corrected chi connectivity index (χ0v) is 18.0. The van der Waals surface area contributed by atoms with Crippen LogP contribution in [0.1, 0.15) is 50.1 Å². The second kappa shape index (κ2) is 8.39. The Bertz CT molecular complexity index is 849. The average Bonchev–Trinajstić information content (AvgIpc) is 3.10. The summed E-state index contributed by atoms with van der Waals surface area (Å²) in [5.74, 6) is -0.141. The number of carbonyl (C=O) groups excluding carboxylic acids is 2. The van der Waals surface area contributed by atoms with Crippen molar-refractivity contribution < 1.29 is 14.3 Å². The van der Waals surface area contributed by atoms with Gasteiger partial charge in [-0.1, -0.05) is 22.0 Å². The maximum atomic E-state index is 12.7. The van der Waals surface area contributed by atoms with Crippen molar-refractivity contribution in [2.45, 2.75) is 45.3 Å². The molecule has 1 aromatic carbocycles. The maximum absolute atomic E-state index is 12.7. The van der Waals surface area contributed by atoms with E-state index in [1.165, 1.54) is 0 Å². The molecule has 0 unspecified atom stereocenters. The van der Waals surface area contributed by atoms with Gasteiger partial charge in [0.25, 0.3) is 5.91 Å². The molecule has 3 rings (SSSR count). The Hall–Kier alpha value is -2.28. The molecular weight excluding hydrogens is 422 g/mol. The molecule has 1 aliphatic heterocycles. The predicted molar refractivity (Wildman–Crippen MR) is 113 cm³/mol. The van der Waals surface area contributed by atoms with Crippen LogP contribution in [0.25, 0.3) is 0 Å². The topological polar surface area (TPSA) is 63.6 Å². The van der Waals surface area contributed by atoms with Crippen LogP contribution in [0.3, 0.4) is 0 Å². The number of ether oxygens (including phenoxy) is 1. The fraction of sp³-hybridized carbons (Fsp3) is 0.429. The Labute approximate surface area is 174 Å². The van der Waals surface area contributed by atoms with Crippen LogP contribution < -0.4 is 5.32 Å². The summed E-state index contributed by atoms with van der Waals surface area (Å²) in [7, 11) is 0. The summed E-state index contributed by atoms with van der Waals surface area (Å²) in [6, 6.07) is 11.4. The number of piperidine rings is 1. The highest BCUT2D eigenvalue weighted by molar-refractivity contribution is 9.10. The van der Waals surface area contributed by atoms with E-state index >= 15 is 0 Å². The van der Waals surface area contributed by atoms with E-state index in [9.17, 15) is 9.59 Å². The smallest absolute Gasteiger partial charge is 0.410 e. The number of aromatic nitrogens is 1. The van der Waals surface area contributed by atoms with E-state index in [-0.39, 0.29) is 18.0 Å². The minimum atomic E-state index is -0.494. The van der Waals surface area contributed by atoms with E-state index < -0.39 is 5.60 Å². The molecule has 1 aromatic heterocycles. The molecule has 150 valence electrons. The lowest BCUT2D eigenvalue weighted by molar-refractivity contribution is 0.0187. The summed E-state index contributed by atoms with van der Waals surface area (Å²) >= 11 is 3.41. The van der Waals surface area contributed by atoms with Gasteiger partial charge in [-0.25, -0.2) is 4.79 Å². The molecule has 1 fully saturated rings. The van der Waals surface area contributed by atoms with Gasteiger partial charge in [-0.2, -0.15) is 0 Å². The Morgan fingerprint density at radius 3 is 2.50 bits per heavy atom. The largest absolute Gasteiger partial charge is 0.444 e. The number of amides is 2. The van der Waals surface area contributed by atoms with Crippen molar-refractivity contribution in [1.82, 2.24) is 9.47 Å². The molecule has 1 N–H and O–H groups in total. The van der Waals surface area contributed by atoms with Crippen LogP contribution in [0.2, 0.25) is 0 Å². The number of nitrogens with zero attached hydrogens (tertiary/aromatic N) is 2. The third-order valence-electron chi connectivity index (χ3n) is 4.60. The summed E-state index contributed by atoms with van der Waals surface area (Å²) < 4.78 is 8.38. The van der Waals surface area contributed by atoms with Gasteiger partial charge in [0.05, 0.1) is 0 Å². The first-order chi connectivity index (χ1) is 13.2. The number of halogens is 1. The van der Waals surface area contributed by atoms with Crippen molar-refractivity contribution in [3.05, 3.63) is 52.8 Å². The zero-order valence-electron chi connectivity index (χ0n) is 16.4. The molecule has 0 saturated carbocycles. The summed E-state index contributed by atoms with van der Waals surface area (Å²) in [6.45, 7) is 6.84. The van der Waals surface area contributed by atoms with Gasteiger partial charge in [0.15, 0.2) is 0 Å². The number of hydrogen-bond acceptors (Lipinski definition) is 3. The highest BCUT2D eigenvalue weighted by Gasteiger charge is 2.28. The van der Waals surface area contributed by atoms with Gasteiger partial charge in [-0.05, 0) is 63.9 Å². The molecule has 1 saturated heterocycles.